The van der Waals surface area contributed by atoms with Gasteiger partial charge in [0, 0.05) is 26.9 Å². The second kappa shape index (κ2) is 12.9. The highest BCUT2D eigenvalue weighted by molar-refractivity contribution is 9.10. The number of amides is 3. The molecule has 5 aromatic carbocycles. The van der Waals surface area contributed by atoms with Gasteiger partial charge in [0.15, 0.2) is 5.78 Å². The fraction of sp³-hybridized carbons (Fsp3) is 0.125. The molecule has 0 saturated carbocycles. The average Bonchev–Trinajstić information content (AvgIpc) is 3.40. The topological polar surface area (TPSA) is 101 Å². The van der Waals surface area contributed by atoms with Crippen molar-refractivity contribution in [2.24, 2.45) is 11.8 Å². The number of carbonyl (C=O) groups excluding carboxylic acids is 5. The molecule has 0 aromatic heterocycles. The smallest absolute Gasteiger partial charge is 0.343 e. The van der Waals surface area contributed by atoms with Gasteiger partial charge in [-0.1, -0.05) is 87.7 Å². The zero-order chi connectivity index (χ0) is 35.6. The van der Waals surface area contributed by atoms with Crippen LogP contribution < -0.4 is 4.74 Å². The number of carbonyl (C=O) groups is 5. The molecule has 9 rings (SSSR count). The molecule has 1 fully saturated rings. The Bertz CT molecular complexity index is 2180. The number of halogens is 3. The molecule has 5 aromatic rings. The van der Waals surface area contributed by atoms with E-state index in [-0.39, 0.29) is 26.9 Å². The van der Waals surface area contributed by atoms with Crippen LogP contribution in [0.3, 0.4) is 0 Å². The summed E-state index contributed by atoms with van der Waals surface area (Å²) in [7, 11) is 0. The summed E-state index contributed by atoms with van der Waals surface area (Å²) < 4.78 is 6.28. The van der Waals surface area contributed by atoms with Gasteiger partial charge in [-0.05, 0) is 89.0 Å². The predicted molar refractivity (Wildman–Crippen MR) is 193 cm³/mol. The first-order chi connectivity index (χ1) is 24.6. The number of benzene rings is 5. The van der Waals surface area contributed by atoms with Crippen molar-refractivity contribution in [3.63, 3.8) is 0 Å². The van der Waals surface area contributed by atoms with E-state index in [0.29, 0.717) is 5.56 Å². The molecule has 3 amide bonds. The van der Waals surface area contributed by atoms with E-state index in [0.717, 1.165) is 36.7 Å². The molecule has 1 saturated heterocycles. The number of ketones is 1. The second-order valence-electron chi connectivity index (χ2n) is 12.6. The van der Waals surface area contributed by atoms with Gasteiger partial charge in [-0.25, -0.2) is 9.80 Å². The maximum absolute atomic E-state index is 14.6. The monoisotopic (exact) mass is 778 g/mol. The van der Waals surface area contributed by atoms with Gasteiger partial charge >= 0.3 is 5.97 Å². The lowest BCUT2D eigenvalue weighted by Gasteiger charge is -2.45. The van der Waals surface area contributed by atoms with E-state index in [4.69, 9.17) is 27.9 Å². The van der Waals surface area contributed by atoms with Crippen LogP contribution in [0.15, 0.2) is 120 Å². The van der Waals surface area contributed by atoms with Crippen LogP contribution in [0.4, 0.5) is 0 Å². The van der Waals surface area contributed by atoms with Crippen LogP contribution in [0, 0.1) is 11.8 Å². The quantitative estimate of drug-likeness (QED) is 0.0717. The Morgan fingerprint density at radius 2 is 1.20 bits per heavy atom. The van der Waals surface area contributed by atoms with Crippen LogP contribution in [0.25, 0.3) is 0 Å². The van der Waals surface area contributed by atoms with Crippen molar-refractivity contribution in [1.82, 2.24) is 10.0 Å². The minimum atomic E-state index is -0.812. The fourth-order valence-corrected chi connectivity index (χ4v) is 8.38. The number of hydrogen-bond acceptors (Lipinski definition) is 6. The van der Waals surface area contributed by atoms with E-state index in [9.17, 15) is 24.0 Å². The number of rotatable bonds is 7. The number of ether oxygens (including phenoxy) is 1. The number of hydrazine groups is 1. The lowest BCUT2D eigenvalue weighted by Crippen LogP contribution is -2.52. The molecule has 8 nitrogen and oxygen atoms in total. The highest BCUT2D eigenvalue weighted by Crippen LogP contribution is 2.61. The summed E-state index contributed by atoms with van der Waals surface area (Å²) in [6.45, 7) is -0.651. The first-order valence-corrected chi connectivity index (χ1v) is 17.6. The van der Waals surface area contributed by atoms with Crippen LogP contribution >= 0.6 is 39.1 Å². The fourth-order valence-electron chi connectivity index (χ4n) is 7.62. The van der Waals surface area contributed by atoms with Crippen molar-refractivity contribution in [3.05, 3.63) is 169 Å². The summed E-state index contributed by atoms with van der Waals surface area (Å²) in [5.74, 6) is -5.27. The molecule has 2 atom stereocenters. The normalized spacial score (nSPS) is 19.6. The summed E-state index contributed by atoms with van der Waals surface area (Å²) in [5.41, 5.74) is 4.36. The van der Waals surface area contributed by atoms with Crippen molar-refractivity contribution in [3.8, 4) is 5.75 Å². The molecule has 0 unspecified atom stereocenters. The Hall–Kier alpha value is -5.09. The Labute approximate surface area is 310 Å². The van der Waals surface area contributed by atoms with E-state index in [1.807, 2.05) is 48.5 Å². The van der Waals surface area contributed by atoms with Crippen molar-refractivity contribution >= 4 is 68.6 Å². The number of Topliss-reactive ketones (excluding diaryl/α,β-unsaturated/α-hetero) is 1. The average molecular weight is 780 g/mol. The molecule has 51 heavy (non-hydrogen) atoms. The summed E-state index contributed by atoms with van der Waals surface area (Å²) in [5, 5.41) is 2.04. The van der Waals surface area contributed by atoms with E-state index in [1.165, 1.54) is 42.5 Å². The van der Waals surface area contributed by atoms with Gasteiger partial charge in [0.25, 0.3) is 17.7 Å². The summed E-state index contributed by atoms with van der Waals surface area (Å²) >= 11 is 15.9. The van der Waals surface area contributed by atoms with Crippen molar-refractivity contribution < 1.29 is 28.7 Å². The third kappa shape index (κ3) is 5.56. The van der Waals surface area contributed by atoms with Crippen LogP contribution in [-0.4, -0.2) is 46.0 Å². The first kappa shape index (κ1) is 33.1. The Balaban J connectivity index is 1.13. The molecular weight excluding hydrogens is 755 g/mol. The van der Waals surface area contributed by atoms with Gasteiger partial charge < -0.3 is 4.74 Å². The maximum Gasteiger partial charge on any atom is 0.343 e. The van der Waals surface area contributed by atoms with Gasteiger partial charge in [-0.15, -0.1) is 0 Å². The summed E-state index contributed by atoms with van der Waals surface area (Å²) in [6, 6.07) is 32.3. The molecule has 0 spiro atoms. The van der Waals surface area contributed by atoms with Gasteiger partial charge in [0.1, 0.15) is 12.3 Å². The minimum absolute atomic E-state index is 0.00159. The van der Waals surface area contributed by atoms with E-state index >= 15 is 0 Å². The zero-order valence-corrected chi connectivity index (χ0v) is 29.6. The highest BCUT2D eigenvalue weighted by Gasteiger charge is 2.63. The number of imide groups is 1. The number of esters is 1. The number of nitrogens with zero attached hydrogens (tertiary/aromatic N) is 2. The molecule has 3 aliphatic carbocycles. The van der Waals surface area contributed by atoms with Gasteiger partial charge in [-0.3, -0.25) is 19.2 Å². The van der Waals surface area contributed by atoms with E-state index < -0.39 is 59.7 Å². The van der Waals surface area contributed by atoms with Crippen LogP contribution in [0.5, 0.6) is 5.75 Å². The standard InChI is InChI=1S/C40H25BrCl2N2O6/c41-23-13-9-22(10-14-23)40(50)51-25-16-11-21(12-17-25)32(46)20-44(37(47)30-18-15-24(42)19-31(30)43)45-38(48)35-33-26-5-1-2-6-27(26)34(36(35)39(45)49)29-8-4-3-7-28(29)33/h1-19,33-36H,20H2/t33?,34?,35-,36-/m0/s1. The molecule has 0 N–H and O–H groups in total. The van der Waals surface area contributed by atoms with Crippen molar-refractivity contribution in [1.29, 1.82) is 0 Å². The first-order valence-electron chi connectivity index (χ1n) is 16.1. The van der Waals surface area contributed by atoms with Gasteiger partial charge in [0.2, 0.25) is 0 Å². The predicted octanol–water partition coefficient (Wildman–Crippen LogP) is 8.11. The van der Waals surface area contributed by atoms with E-state index in [1.54, 1.807) is 24.3 Å². The van der Waals surface area contributed by atoms with Crippen LogP contribution in [0.2, 0.25) is 10.0 Å². The van der Waals surface area contributed by atoms with Crippen LogP contribution in [-0.2, 0) is 9.59 Å². The molecule has 0 radical (unpaired) electrons. The molecular formula is C40H25BrCl2N2O6. The minimum Gasteiger partial charge on any atom is -0.423 e. The third-order valence-corrected chi connectivity index (χ3v) is 10.9. The Kier molecular flexibility index (Phi) is 8.37. The van der Waals surface area contributed by atoms with Gasteiger partial charge in [-0.2, -0.15) is 5.01 Å². The zero-order valence-electron chi connectivity index (χ0n) is 26.5. The Morgan fingerprint density at radius 1 is 0.686 bits per heavy atom. The van der Waals surface area contributed by atoms with Crippen molar-refractivity contribution in [2.45, 2.75) is 11.8 Å². The summed E-state index contributed by atoms with van der Waals surface area (Å²) in [4.78, 5) is 70.0. The Morgan fingerprint density at radius 3 is 1.71 bits per heavy atom. The molecule has 1 aliphatic heterocycles. The molecule has 2 bridgehead atoms. The SMILES string of the molecule is O=C(CN(C(=O)c1ccc(Cl)cc1Cl)N1C(=O)[C@H]2C3c4ccccc4C(c4ccccc43)[C@@H]2C1=O)c1ccc(OC(=O)c2ccc(Br)cc2)cc1. The number of hydrogen-bond donors (Lipinski definition) is 0. The molecule has 4 aliphatic rings. The lowest BCUT2D eigenvalue weighted by atomic mass is 9.55. The highest BCUT2D eigenvalue weighted by atomic mass is 79.9. The van der Waals surface area contributed by atoms with Gasteiger partial charge in [0.05, 0.1) is 28.0 Å². The summed E-state index contributed by atoms with van der Waals surface area (Å²) in [6.07, 6.45) is 0. The second-order valence-corrected chi connectivity index (χ2v) is 14.3. The van der Waals surface area contributed by atoms with Crippen molar-refractivity contribution in [2.75, 3.05) is 6.54 Å². The molecule has 11 heteroatoms. The van der Waals surface area contributed by atoms with E-state index in [2.05, 4.69) is 15.9 Å². The maximum atomic E-state index is 14.6. The largest absolute Gasteiger partial charge is 0.423 e. The lowest BCUT2D eigenvalue weighted by molar-refractivity contribution is -0.154. The third-order valence-electron chi connectivity index (χ3n) is 9.82. The molecule has 252 valence electrons. The molecule has 1 heterocycles. The van der Waals surface area contributed by atoms with Crippen LogP contribution in [0.1, 0.15) is 65.2 Å².